The molecule has 2 N–H and O–H groups in total. The summed E-state index contributed by atoms with van der Waals surface area (Å²) in [4.78, 5) is 7.12. The van der Waals surface area contributed by atoms with Gasteiger partial charge in [0.25, 0.3) is 0 Å². The number of ether oxygens (including phenoxy) is 2. The molecule has 0 radical (unpaired) electrons. The Morgan fingerprint density at radius 1 is 1.26 bits per heavy atom. The van der Waals surface area contributed by atoms with Gasteiger partial charge in [0.05, 0.1) is 18.2 Å². The van der Waals surface area contributed by atoms with Crippen LogP contribution in [0.15, 0.2) is 48.7 Å². The molecule has 1 saturated heterocycles. The third-order valence-electron chi connectivity index (χ3n) is 7.71. The Kier molecular flexibility index (Phi) is 7.71. The van der Waals surface area contributed by atoms with E-state index >= 15 is 0 Å². The minimum atomic E-state index is -0.193. The van der Waals surface area contributed by atoms with Crippen molar-refractivity contribution in [1.82, 2.24) is 9.88 Å². The number of unbranched alkanes of at least 4 members (excludes halogenated alkanes) is 1. The maximum Gasteiger partial charge on any atom is 0.129 e. The van der Waals surface area contributed by atoms with Crippen LogP contribution in [0.3, 0.4) is 0 Å². The van der Waals surface area contributed by atoms with Gasteiger partial charge in [0.2, 0.25) is 0 Å². The molecule has 2 aliphatic heterocycles. The number of methoxy groups -OCH3 is 1. The molecule has 0 bridgehead atoms. The topological polar surface area (TPSA) is 66.9 Å². The minimum absolute atomic E-state index is 0.193. The van der Waals surface area contributed by atoms with Crippen LogP contribution in [-0.2, 0) is 22.3 Å². The van der Waals surface area contributed by atoms with Crippen molar-refractivity contribution in [2.24, 2.45) is 0 Å². The van der Waals surface area contributed by atoms with Crippen molar-refractivity contribution in [2.75, 3.05) is 38.7 Å². The van der Waals surface area contributed by atoms with Gasteiger partial charge in [-0.25, -0.2) is 4.98 Å². The largest absolute Gasteiger partial charge is 0.511 e. The number of anilines is 1. The number of aryl methyl sites for hydroxylation is 2. The summed E-state index contributed by atoms with van der Waals surface area (Å²) in [5.74, 6) is 1.70. The first-order valence-corrected chi connectivity index (χ1v) is 13.2. The number of hydrogen-bond donors (Lipinski definition) is 2. The highest BCUT2D eigenvalue weighted by molar-refractivity contribution is 5.47. The number of nitrogens with zero attached hydrogens (tertiary/aromatic N) is 2. The molecule has 2 fully saturated rings. The van der Waals surface area contributed by atoms with Gasteiger partial charge in [0.1, 0.15) is 11.6 Å². The highest BCUT2D eigenvalue weighted by atomic mass is 16.5. The molecule has 2 aromatic rings. The summed E-state index contributed by atoms with van der Waals surface area (Å²) in [5, 5.41) is 14.0. The van der Waals surface area contributed by atoms with E-state index in [1.54, 1.807) is 7.11 Å². The molecule has 35 heavy (non-hydrogen) atoms. The van der Waals surface area contributed by atoms with E-state index in [0.717, 1.165) is 76.1 Å². The van der Waals surface area contributed by atoms with Gasteiger partial charge >= 0.3 is 0 Å². The van der Waals surface area contributed by atoms with Crippen LogP contribution in [-0.4, -0.2) is 60.5 Å². The van der Waals surface area contributed by atoms with E-state index in [1.807, 2.05) is 0 Å². The van der Waals surface area contributed by atoms with E-state index in [4.69, 9.17) is 14.5 Å². The van der Waals surface area contributed by atoms with Gasteiger partial charge in [-0.15, -0.1) is 0 Å². The van der Waals surface area contributed by atoms with Gasteiger partial charge in [-0.3, -0.25) is 4.90 Å². The van der Waals surface area contributed by atoms with Crippen LogP contribution >= 0.6 is 0 Å². The molecule has 1 saturated carbocycles. The first-order valence-electron chi connectivity index (χ1n) is 13.2. The second-order valence-corrected chi connectivity index (χ2v) is 10.2. The second-order valence-electron chi connectivity index (χ2n) is 10.2. The lowest BCUT2D eigenvalue weighted by Gasteiger charge is -2.29. The van der Waals surface area contributed by atoms with Gasteiger partial charge in [-0.1, -0.05) is 36.9 Å². The average Bonchev–Trinajstić information content (AvgIpc) is 3.53. The fourth-order valence-corrected chi connectivity index (χ4v) is 5.73. The molecule has 1 aliphatic carbocycles. The number of pyridine rings is 1. The van der Waals surface area contributed by atoms with Crippen LogP contribution in [0.4, 0.5) is 5.82 Å². The molecule has 3 heterocycles. The highest BCUT2D eigenvalue weighted by Crippen LogP contribution is 2.47. The molecule has 1 aromatic heterocycles. The number of nitrogens with one attached hydrogen (secondary N) is 1. The molecule has 1 aromatic carbocycles. The van der Waals surface area contributed by atoms with E-state index in [-0.39, 0.29) is 24.0 Å². The van der Waals surface area contributed by atoms with E-state index in [0.29, 0.717) is 5.92 Å². The fourth-order valence-electron chi connectivity index (χ4n) is 5.73. The van der Waals surface area contributed by atoms with Gasteiger partial charge in [-0.2, -0.15) is 0 Å². The van der Waals surface area contributed by atoms with Crippen LogP contribution in [0.25, 0.3) is 0 Å². The van der Waals surface area contributed by atoms with Crippen LogP contribution in [0.5, 0.6) is 0 Å². The third-order valence-corrected chi connectivity index (χ3v) is 7.71. The van der Waals surface area contributed by atoms with Crippen molar-refractivity contribution in [2.45, 2.75) is 69.1 Å². The number of aromatic nitrogens is 1. The summed E-state index contributed by atoms with van der Waals surface area (Å²) in [6, 6.07) is 12.6. The Bertz CT molecular complexity index is 1030. The standard InChI is InChI=1S/C29H39N3O3/c1-20(33)28(25-11-4-3-10-24(25)26-18-27(26)34-2)32-16-14-23(19-32)35-17-6-5-9-22-13-12-21-8-7-15-30-29(21)31-22/h3-4,10-13,23,26-28,33H,1,5-9,14-19H2,2H3,(H,30,31)/t23-,26-,27-,28?/m1/s1. The van der Waals surface area contributed by atoms with Crippen molar-refractivity contribution in [3.63, 3.8) is 0 Å². The molecule has 6 heteroatoms. The van der Waals surface area contributed by atoms with Crippen LogP contribution in [0.2, 0.25) is 0 Å². The Morgan fingerprint density at radius 2 is 2.14 bits per heavy atom. The van der Waals surface area contributed by atoms with Crippen LogP contribution < -0.4 is 5.32 Å². The molecule has 188 valence electrons. The first-order chi connectivity index (χ1) is 17.1. The predicted molar refractivity (Wildman–Crippen MR) is 139 cm³/mol. The first kappa shape index (κ1) is 24.3. The monoisotopic (exact) mass is 477 g/mol. The average molecular weight is 478 g/mol. The smallest absolute Gasteiger partial charge is 0.129 e. The van der Waals surface area contributed by atoms with Crippen molar-refractivity contribution in [3.05, 3.63) is 71.1 Å². The SMILES string of the molecule is C=C(O)C(c1ccccc1[C@H]1C[C@H]1OC)N1CC[C@@H](OCCCCc2ccc3c(n2)NCCC3)C1. The molecule has 5 rings (SSSR count). The van der Waals surface area contributed by atoms with E-state index in [2.05, 4.69) is 53.2 Å². The van der Waals surface area contributed by atoms with Crippen LogP contribution in [0.1, 0.15) is 66.4 Å². The Labute approximate surface area is 209 Å². The Hall–Kier alpha value is -2.41. The maximum absolute atomic E-state index is 10.6. The number of aliphatic hydroxyl groups is 1. The van der Waals surface area contributed by atoms with Crippen molar-refractivity contribution in [1.29, 1.82) is 0 Å². The minimum Gasteiger partial charge on any atom is -0.511 e. The van der Waals surface area contributed by atoms with Gasteiger partial charge in [-0.05, 0) is 67.7 Å². The summed E-state index contributed by atoms with van der Waals surface area (Å²) in [6.45, 7) is 7.44. The molecular formula is C29H39N3O3. The number of hydrogen-bond acceptors (Lipinski definition) is 6. The van der Waals surface area contributed by atoms with Crippen molar-refractivity contribution >= 4 is 5.82 Å². The number of aliphatic hydroxyl groups excluding tert-OH is 1. The summed E-state index contributed by atoms with van der Waals surface area (Å²) >= 11 is 0. The summed E-state index contributed by atoms with van der Waals surface area (Å²) in [5.41, 5.74) is 4.93. The lowest BCUT2D eigenvalue weighted by molar-refractivity contribution is 0.0524. The summed E-state index contributed by atoms with van der Waals surface area (Å²) < 4.78 is 11.8. The van der Waals surface area contributed by atoms with Gasteiger partial charge in [0, 0.05) is 45.0 Å². The lowest BCUT2D eigenvalue weighted by atomic mass is 9.95. The summed E-state index contributed by atoms with van der Waals surface area (Å²) in [7, 11) is 1.78. The molecule has 6 nitrogen and oxygen atoms in total. The molecule has 3 aliphatic rings. The molecule has 4 atom stereocenters. The normalized spacial score (nSPS) is 24.5. The molecule has 0 spiro atoms. The van der Waals surface area contributed by atoms with Crippen molar-refractivity contribution in [3.8, 4) is 0 Å². The second kappa shape index (κ2) is 11.1. The quantitative estimate of drug-likeness (QED) is 0.344. The fraction of sp³-hybridized carbons (Fsp3) is 0.552. The third kappa shape index (κ3) is 5.71. The number of benzene rings is 1. The summed E-state index contributed by atoms with van der Waals surface area (Å²) in [6.07, 6.45) is 7.92. The van der Waals surface area contributed by atoms with E-state index in [1.165, 1.54) is 23.2 Å². The van der Waals surface area contributed by atoms with E-state index < -0.39 is 0 Å². The van der Waals surface area contributed by atoms with Gasteiger partial charge < -0.3 is 19.9 Å². The highest BCUT2D eigenvalue weighted by Gasteiger charge is 2.42. The van der Waals surface area contributed by atoms with Crippen molar-refractivity contribution < 1.29 is 14.6 Å². The van der Waals surface area contributed by atoms with E-state index in [9.17, 15) is 5.11 Å². The predicted octanol–water partition coefficient (Wildman–Crippen LogP) is 5.17. The molecule has 0 amide bonds. The number of likely N-dealkylation sites (tertiary alicyclic amines) is 1. The zero-order chi connectivity index (χ0) is 24.2. The molecule has 1 unspecified atom stereocenters. The molecular weight excluding hydrogens is 438 g/mol. The maximum atomic E-state index is 10.6. The zero-order valence-electron chi connectivity index (χ0n) is 20.9. The number of fused-ring (bicyclic) bond motifs is 1. The Morgan fingerprint density at radius 3 is 2.97 bits per heavy atom. The lowest BCUT2D eigenvalue weighted by Crippen LogP contribution is -2.30. The van der Waals surface area contributed by atoms with Gasteiger partial charge in [0.15, 0.2) is 0 Å². The van der Waals surface area contributed by atoms with Crippen LogP contribution in [0, 0.1) is 0 Å². The number of rotatable bonds is 11. The Balaban J connectivity index is 1.10. The zero-order valence-corrected chi connectivity index (χ0v) is 20.9.